The van der Waals surface area contributed by atoms with Crippen LogP contribution >= 0.6 is 11.6 Å². The van der Waals surface area contributed by atoms with Gasteiger partial charge in [0, 0.05) is 31.1 Å². The van der Waals surface area contributed by atoms with E-state index in [9.17, 15) is 19.6 Å². The largest absolute Gasteiger partial charge is 0.492 e. The van der Waals surface area contributed by atoms with Crippen molar-refractivity contribution >= 4 is 54.7 Å². The fourth-order valence-corrected chi connectivity index (χ4v) is 5.72. The fraction of sp³-hybridized carbons (Fsp3) is 0.200. The van der Waals surface area contributed by atoms with E-state index in [4.69, 9.17) is 40.2 Å². The SMILES string of the molecule is CCOC(=O)CC1OB(O)c2cc(Oc3ccnc(Cl)n3)ccc21.O=C(O)CC1OB(O)c2cc(Oc3ccnc(NCc4ccccc4)n3)ccc21. The topological polar surface area (TPSA) is 205 Å². The summed E-state index contributed by atoms with van der Waals surface area (Å²) < 4.78 is 27.0. The second kappa shape index (κ2) is 17.3. The lowest BCUT2D eigenvalue weighted by Crippen LogP contribution is -2.28. The Bertz CT molecular complexity index is 2070. The predicted molar refractivity (Wildman–Crippen MR) is 192 cm³/mol. The zero-order chi connectivity index (χ0) is 37.3. The molecule has 15 nitrogen and oxygen atoms in total. The number of carboxylic acid groups (broad SMARTS) is 1. The molecule has 4 heterocycles. The first-order valence-electron chi connectivity index (χ1n) is 16.4. The first-order chi connectivity index (χ1) is 25.6. The van der Waals surface area contributed by atoms with Crippen molar-refractivity contribution in [1.82, 2.24) is 19.9 Å². The second-order valence-corrected chi connectivity index (χ2v) is 11.9. The number of hydrogen-bond donors (Lipinski definition) is 4. The molecule has 2 aliphatic heterocycles. The summed E-state index contributed by atoms with van der Waals surface area (Å²) >= 11 is 5.72. The van der Waals surface area contributed by atoms with Gasteiger partial charge in [-0.25, -0.2) is 9.97 Å². The summed E-state index contributed by atoms with van der Waals surface area (Å²) in [6, 6.07) is 23.2. The number of nitrogens with one attached hydrogen (secondary N) is 1. The van der Waals surface area contributed by atoms with Gasteiger partial charge in [0.15, 0.2) is 0 Å². The molecule has 0 saturated heterocycles. The number of halogens is 1. The van der Waals surface area contributed by atoms with Crippen molar-refractivity contribution in [3.8, 4) is 23.3 Å². The van der Waals surface area contributed by atoms with Gasteiger partial charge >= 0.3 is 26.2 Å². The number of esters is 1. The highest BCUT2D eigenvalue weighted by molar-refractivity contribution is 6.62. The number of anilines is 1. The van der Waals surface area contributed by atoms with Crippen LogP contribution < -0.4 is 25.7 Å². The third-order valence-electron chi connectivity index (χ3n) is 7.92. The van der Waals surface area contributed by atoms with E-state index in [1.807, 2.05) is 30.3 Å². The number of aromatic nitrogens is 4. The van der Waals surface area contributed by atoms with Crippen LogP contribution in [0.2, 0.25) is 5.28 Å². The number of hydrogen-bond acceptors (Lipinski definition) is 14. The Labute approximate surface area is 309 Å². The quantitative estimate of drug-likeness (QED) is 0.0817. The van der Waals surface area contributed by atoms with Gasteiger partial charge in [0.05, 0.1) is 31.7 Å². The van der Waals surface area contributed by atoms with Gasteiger partial charge in [0.25, 0.3) is 0 Å². The van der Waals surface area contributed by atoms with E-state index in [2.05, 4.69) is 25.3 Å². The van der Waals surface area contributed by atoms with Gasteiger partial charge in [-0.15, -0.1) is 0 Å². The molecule has 2 aromatic heterocycles. The number of ether oxygens (including phenoxy) is 3. The normalized spacial score (nSPS) is 15.5. The van der Waals surface area contributed by atoms with Crippen LogP contribution in [0, 0.1) is 0 Å². The van der Waals surface area contributed by atoms with E-state index < -0.39 is 32.4 Å². The van der Waals surface area contributed by atoms with Crippen molar-refractivity contribution in [1.29, 1.82) is 0 Å². The molecule has 0 bridgehead atoms. The highest BCUT2D eigenvalue weighted by atomic mass is 35.5. The molecule has 0 aliphatic carbocycles. The number of carbonyl (C=O) groups excluding carboxylic acids is 1. The van der Waals surface area contributed by atoms with Crippen molar-refractivity contribution < 1.29 is 48.3 Å². The smallest absolute Gasteiger partial charge is 0.481 e. The minimum Gasteiger partial charge on any atom is -0.481 e. The zero-order valence-electron chi connectivity index (χ0n) is 28.2. The van der Waals surface area contributed by atoms with E-state index in [1.54, 1.807) is 61.7 Å². The van der Waals surface area contributed by atoms with Gasteiger partial charge < -0.3 is 44.0 Å². The summed E-state index contributed by atoms with van der Waals surface area (Å²) in [5.74, 6) is 0.596. The third kappa shape index (κ3) is 9.85. The molecule has 2 atom stereocenters. The van der Waals surface area contributed by atoms with Crippen molar-refractivity contribution in [2.75, 3.05) is 11.9 Å². The molecule has 0 saturated carbocycles. The molecule has 0 radical (unpaired) electrons. The van der Waals surface area contributed by atoms with Crippen LogP contribution in [-0.4, -0.2) is 67.9 Å². The standard InChI is InChI=1S/C20H18BN3O5.C15H14BClN2O5/c25-19(26)11-17-15-7-6-14(10-16(15)21(27)29-17)28-18-8-9-22-20(24-18)23-12-13-4-2-1-3-5-13;1-2-22-14(20)8-12-10-4-3-9(7-11(10)16(21)24-12)23-13-5-6-18-15(17)19-13/h1-10,17,27H,11-12H2,(H,25,26)(H,22,23,24);3-7,12,21H,2,8H2,1H3. The molecule has 7 rings (SSSR count). The molecule has 2 aliphatic rings. The first kappa shape index (κ1) is 37.2. The maximum absolute atomic E-state index is 11.6. The van der Waals surface area contributed by atoms with Crippen molar-refractivity contribution in [2.45, 2.75) is 38.5 Å². The van der Waals surface area contributed by atoms with Crippen LogP contribution in [0.4, 0.5) is 5.95 Å². The third-order valence-corrected chi connectivity index (χ3v) is 8.10. The fourth-order valence-electron chi connectivity index (χ4n) is 5.58. The van der Waals surface area contributed by atoms with E-state index in [-0.39, 0.29) is 30.0 Å². The van der Waals surface area contributed by atoms with Crippen molar-refractivity contribution in [2.24, 2.45) is 0 Å². The summed E-state index contributed by atoms with van der Waals surface area (Å²) in [4.78, 5) is 38.8. The average molecular weight is 740 g/mol. The number of nitrogens with zero attached hydrogens (tertiary/aromatic N) is 4. The van der Waals surface area contributed by atoms with Gasteiger partial charge in [-0.1, -0.05) is 42.5 Å². The van der Waals surface area contributed by atoms with Crippen LogP contribution in [0.5, 0.6) is 23.3 Å². The van der Waals surface area contributed by atoms with Gasteiger partial charge in [-0.05, 0) is 70.4 Å². The number of carbonyl (C=O) groups is 2. The lowest BCUT2D eigenvalue weighted by atomic mass is 9.79. The van der Waals surface area contributed by atoms with E-state index in [1.165, 1.54) is 6.20 Å². The summed E-state index contributed by atoms with van der Waals surface area (Å²) in [7, 11) is -2.32. The predicted octanol–water partition coefficient (Wildman–Crippen LogP) is 3.75. The molecule has 0 spiro atoms. The number of benzene rings is 3. The molecule has 2 unspecified atom stereocenters. The van der Waals surface area contributed by atoms with Gasteiger partial charge in [-0.2, -0.15) is 9.97 Å². The molecule has 270 valence electrons. The lowest BCUT2D eigenvalue weighted by Gasteiger charge is -2.11. The first-order valence-corrected chi connectivity index (χ1v) is 16.8. The highest BCUT2D eigenvalue weighted by Gasteiger charge is 2.37. The Morgan fingerprint density at radius 1 is 0.811 bits per heavy atom. The molecular weight excluding hydrogens is 707 g/mol. The monoisotopic (exact) mass is 739 g/mol. The Kier molecular flexibility index (Phi) is 12.1. The Morgan fingerprint density at radius 3 is 1.98 bits per heavy atom. The van der Waals surface area contributed by atoms with Crippen LogP contribution in [0.15, 0.2) is 91.3 Å². The molecular formula is C35H32B2ClN5O10. The molecule has 0 fully saturated rings. The summed E-state index contributed by atoms with van der Waals surface area (Å²) in [6.07, 6.45) is 1.66. The summed E-state index contributed by atoms with van der Waals surface area (Å²) in [5, 5.41) is 32.3. The van der Waals surface area contributed by atoms with Crippen LogP contribution in [-0.2, 0) is 30.2 Å². The van der Waals surface area contributed by atoms with Gasteiger partial charge in [0.2, 0.25) is 23.0 Å². The Balaban J connectivity index is 0.000000185. The van der Waals surface area contributed by atoms with Crippen molar-refractivity contribution in [3.05, 3.63) is 113 Å². The molecule has 3 aromatic carbocycles. The molecule has 18 heteroatoms. The van der Waals surface area contributed by atoms with Gasteiger partial charge in [0.1, 0.15) is 11.5 Å². The van der Waals surface area contributed by atoms with Crippen LogP contribution in [0.25, 0.3) is 0 Å². The molecule has 4 N–H and O–H groups in total. The maximum atomic E-state index is 11.6. The zero-order valence-corrected chi connectivity index (χ0v) is 28.9. The van der Waals surface area contributed by atoms with E-state index in [0.717, 1.165) is 11.1 Å². The van der Waals surface area contributed by atoms with Gasteiger partial charge in [-0.3, -0.25) is 9.59 Å². The van der Waals surface area contributed by atoms with E-state index in [0.29, 0.717) is 53.0 Å². The Hall–Kier alpha value is -5.58. The minimum absolute atomic E-state index is 0.0413. The number of aliphatic carboxylic acids is 1. The molecule has 53 heavy (non-hydrogen) atoms. The maximum Gasteiger partial charge on any atom is 0.492 e. The average Bonchev–Trinajstić information content (AvgIpc) is 3.61. The molecule has 0 amide bonds. The highest BCUT2D eigenvalue weighted by Crippen LogP contribution is 2.31. The molecule has 5 aromatic rings. The van der Waals surface area contributed by atoms with E-state index >= 15 is 0 Å². The van der Waals surface area contributed by atoms with Crippen molar-refractivity contribution in [3.63, 3.8) is 0 Å². The number of fused-ring (bicyclic) bond motifs is 2. The lowest BCUT2D eigenvalue weighted by molar-refractivity contribution is -0.145. The summed E-state index contributed by atoms with van der Waals surface area (Å²) in [5.41, 5.74) is 3.50. The number of carboxylic acids is 1. The number of rotatable bonds is 12. The van der Waals surface area contributed by atoms with Crippen LogP contribution in [0.1, 0.15) is 48.7 Å². The summed E-state index contributed by atoms with van der Waals surface area (Å²) in [6.45, 7) is 2.62. The second-order valence-electron chi connectivity index (χ2n) is 11.6. The Morgan fingerprint density at radius 2 is 1.40 bits per heavy atom. The minimum atomic E-state index is -1.19. The van der Waals surface area contributed by atoms with Crippen LogP contribution in [0.3, 0.4) is 0 Å².